The van der Waals surface area contributed by atoms with Crippen LogP contribution in [0.25, 0.3) is 196 Å². The molecule has 0 atom stereocenters. The van der Waals surface area contributed by atoms with E-state index in [4.69, 9.17) is 34.3 Å². The van der Waals surface area contributed by atoms with Gasteiger partial charge in [0.05, 0.1) is 21.9 Å². The summed E-state index contributed by atoms with van der Waals surface area (Å²) in [6, 6.07) is 169. The molecule has 2 aliphatic carbocycles. The van der Waals surface area contributed by atoms with Crippen LogP contribution in [0.2, 0.25) is 0 Å². The van der Waals surface area contributed by atoms with Gasteiger partial charge in [-0.05, 0) is 195 Å². The van der Waals surface area contributed by atoms with Gasteiger partial charge in [-0.3, -0.25) is 0 Å². The maximum atomic E-state index is 7.12. The van der Waals surface area contributed by atoms with Gasteiger partial charge < -0.3 is 8.98 Å². The van der Waals surface area contributed by atoms with Gasteiger partial charge in [0.2, 0.25) is 0 Å². The second kappa shape index (κ2) is 30.9. The Balaban J connectivity index is 0.541. The third-order valence-electron chi connectivity index (χ3n) is 26.7. The number of fused-ring (bicyclic) bond motifs is 12. The first-order chi connectivity index (χ1) is 64.4. The predicted molar refractivity (Wildman–Crippen MR) is 529 cm³/mol. The van der Waals surface area contributed by atoms with Gasteiger partial charge in [-0.15, -0.1) is 0 Å². The Morgan fingerprint density at radius 2 is 0.431 bits per heavy atom. The van der Waals surface area contributed by atoms with Crippen LogP contribution in [0.5, 0.6) is 0 Å². The Kier molecular flexibility index (Phi) is 17.9. The SMILES string of the molecule is c1ccc(-c2cccc(-c3cccc(C4(c5ccc6c(c5)oc5cc(-c7nc(-c8ccccc8)nc(-c8cccc(-c9ccc(-c%10cccc(-c%11cccc(C%12(c%13ccc%14c%15ccc(-c%16nc(-c%17ccccc%17)nc(-c%17ccccc%17)n%16)cc%15n(-c%15ccccc%15)c%14c%13)c%13ccccc%13-c%13ccccc%13%12)c%11)c%10)cc9)c8)n7)ccc56)c5ccccc5-c5ccccc54)c3)c2)cc1. The fourth-order valence-corrected chi connectivity index (χ4v) is 20.7. The van der Waals surface area contributed by atoms with E-state index in [0.29, 0.717) is 34.9 Å². The molecule has 8 nitrogen and oxygen atoms in total. The number of aromatic nitrogens is 7. The van der Waals surface area contributed by atoms with Crippen molar-refractivity contribution < 1.29 is 4.42 Å². The lowest BCUT2D eigenvalue weighted by molar-refractivity contribution is 0.665. The second-order valence-corrected chi connectivity index (χ2v) is 33.9. The van der Waals surface area contributed by atoms with Crippen LogP contribution in [0.4, 0.5) is 0 Å². The molecule has 130 heavy (non-hydrogen) atoms. The highest BCUT2D eigenvalue weighted by Crippen LogP contribution is 2.60. The smallest absolute Gasteiger partial charge is 0.164 e. The van der Waals surface area contributed by atoms with Gasteiger partial charge in [0.1, 0.15) is 11.2 Å². The molecule has 0 N–H and O–H groups in total. The van der Waals surface area contributed by atoms with Crippen molar-refractivity contribution in [1.82, 2.24) is 34.5 Å². The molecule has 4 heterocycles. The van der Waals surface area contributed by atoms with E-state index in [-0.39, 0.29) is 0 Å². The molecule has 4 aromatic heterocycles. The monoisotopic (exact) mass is 1660 g/mol. The largest absolute Gasteiger partial charge is 0.456 e. The Labute approximate surface area is 751 Å². The van der Waals surface area contributed by atoms with E-state index in [9.17, 15) is 0 Å². The summed E-state index contributed by atoms with van der Waals surface area (Å²) in [5, 5.41) is 4.31. The number of rotatable bonds is 16. The summed E-state index contributed by atoms with van der Waals surface area (Å²) in [5.74, 6) is 3.53. The Hall–Kier alpha value is -17.2. The lowest BCUT2D eigenvalue weighted by Gasteiger charge is -2.34. The zero-order valence-electron chi connectivity index (χ0n) is 70.5. The number of para-hydroxylation sites is 1. The zero-order chi connectivity index (χ0) is 85.8. The van der Waals surface area contributed by atoms with Gasteiger partial charge in [0, 0.05) is 60.6 Å². The number of nitrogens with zero attached hydrogens (tertiary/aromatic N) is 7. The predicted octanol–water partition coefficient (Wildman–Crippen LogP) is 30.1. The number of furan rings is 1. The van der Waals surface area contributed by atoms with Crippen molar-refractivity contribution in [1.29, 1.82) is 0 Å². The first-order valence-electron chi connectivity index (χ1n) is 44.3. The summed E-state index contributed by atoms with van der Waals surface area (Å²) >= 11 is 0. The molecule has 606 valence electrons. The first-order valence-corrected chi connectivity index (χ1v) is 44.3. The highest BCUT2D eigenvalue weighted by molar-refractivity contribution is 6.11. The molecule has 0 unspecified atom stereocenters. The Morgan fingerprint density at radius 3 is 0.862 bits per heavy atom. The maximum absolute atomic E-state index is 7.12. The van der Waals surface area contributed by atoms with E-state index in [0.717, 1.165) is 133 Å². The average molecular weight is 1660 g/mol. The summed E-state index contributed by atoms with van der Waals surface area (Å²) in [6.45, 7) is 0. The van der Waals surface area contributed by atoms with Gasteiger partial charge in [0.15, 0.2) is 34.9 Å². The normalized spacial score (nSPS) is 12.7. The van der Waals surface area contributed by atoms with Crippen molar-refractivity contribution in [2.45, 2.75) is 10.8 Å². The summed E-state index contributed by atoms with van der Waals surface area (Å²) in [4.78, 5) is 31.3. The van der Waals surface area contributed by atoms with Gasteiger partial charge in [0.25, 0.3) is 0 Å². The molecule has 0 saturated heterocycles. The van der Waals surface area contributed by atoms with E-state index >= 15 is 0 Å². The molecule has 0 aliphatic heterocycles. The molecular weight excluding hydrogens is 1580 g/mol. The summed E-state index contributed by atoms with van der Waals surface area (Å²) in [6.07, 6.45) is 0. The van der Waals surface area contributed by atoms with Gasteiger partial charge in [-0.25, -0.2) is 29.9 Å². The van der Waals surface area contributed by atoms with E-state index in [2.05, 4.69) is 417 Å². The molecule has 0 bridgehead atoms. The molecule has 0 amide bonds. The molecule has 0 radical (unpaired) electrons. The summed E-state index contributed by atoms with van der Waals surface area (Å²) in [7, 11) is 0. The van der Waals surface area contributed by atoms with Crippen LogP contribution in [-0.4, -0.2) is 34.5 Å². The third-order valence-corrected chi connectivity index (χ3v) is 26.7. The van der Waals surface area contributed by atoms with E-state index < -0.39 is 10.8 Å². The quantitative estimate of drug-likeness (QED) is 0.0951. The highest BCUT2D eigenvalue weighted by atomic mass is 16.3. The number of benzene rings is 19. The highest BCUT2D eigenvalue weighted by Gasteiger charge is 2.48. The second-order valence-electron chi connectivity index (χ2n) is 33.9. The van der Waals surface area contributed by atoms with Crippen LogP contribution in [-0.2, 0) is 10.8 Å². The van der Waals surface area contributed by atoms with E-state index in [1.165, 1.54) is 72.3 Å². The van der Waals surface area contributed by atoms with Crippen LogP contribution in [0.3, 0.4) is 0 Å². The molecule has 8 heteroatoms. The summed E-state index contributed by atoms with van der Waals surface area (Å²) < 4.78 is 9.54. The van der Waals surface area contributed by atoms with E-state index in [1.54, 1.807) is 0 Å². The van der Waals surface area contributed by atoms with Crippen LogP contribution >= 0.6 is 0 Å². The van der Waals surface area contributed by atoms with Gasteiger partial charge >= 0.3 is 0 Å². The van der Waals surface area contributed by atoms with Crippen molar-refractivity contribution >= 4 is 43.7 Å². The van der Waals surface area contributed by atoms with Crippen molar-refractivity contribution in [3.8, 4) is 152 Å². The van der Waals surface area contributed by atoms with Crippen LogP contribution < -0.4 is 0 Å². The lowest BCUT2D eigenvalue weighted by atomic mass is 9.67. The van der Waals surface area contributed by atoms with Crippen LogP contribution in [0, 0.1) is 0 Å². The molecular formula is C122H77N7O. The molecule has 0 spiro atoms. The number of hydrogen-bond acceptors (Lipinski definition) is 7. The minimum atomic E-state index is -0.718. The molecule has 23 aromatic rings. The maximum Gasteiger partial charge on any atom is 0.164 e. The fourth-order valence-electron chi connectivity index (χ4n) is 20.7. The van der Waals surface area contributed by atoms with Gasteiger partial charge in [-0.2, -0.15) is 0 Å². The van der Waals surface area contributed by atoms with Gasteiger partial charge in [-0.1, -0.05) is 394 Å². The minimum absolute atomic E-state index is 0.545. The minimum Gasteiger partial charge on any atom is -0.456 e. The first kappa shape index (κ1) is 75.3. The number of hydrogen-bond donors (Lipinski definition) is 0. The third kappa shape index (κ3) is 12.5. The van der Waals surface area contributed by atoms with Crippen molar-refractivity contribution in [3.63, 3.8) is 0 Å². The average Bonchev–Trinajstić information content (AvgIpc) is 1.67. The molecule has 25 rings (SSSR count). The fraction of sp³-hybridized carbons (Fsp3) is 0.0164. The van der Waals surface area contributed by atoms with Crippen LogP contribution in [0.15, 0.2) is 472 Å². The molecule has 2 aliphatic rings. The van der Waals surface area contributed by atoms with Crippen molar-refractivity contribution in [2.75, 3.05) is 0 Å². The molecule has 0 fully saturated rings. The van der Waals surface area contributed by atoms with Crippen molar-refractivity contribution in [2.24, 2.45) is 0 Å². The standard InChI is InChI=1S/C122H77N7O/c1-6-29-78(30-7-1)84-37-24-40-87(69-84)90-43-28-46-95(73-90)122(109-55-22-18-51-101(109)102-52-19-23-56-110(102)122)97-64-68-106-105-66-62-93(75-113(105)130-114(106)77-97)120-127-117(83-35-12-4-13-36-83)124-118(128-120)91-44-26-39-86(71-91)80-59-57-79(58-60-80)85-38-25-41-88(70-85)89-42-27-45-94(72-89)121(107-53-20-16-49-99(107)100-50-17-21-54-108(100)121)96-63-67-104-103-65-61-92(74-111(103)129(112(104)76-96)98-47-14-5-15-48-98)119-125-115(81-31-8-2-9-32-81)123-116(126-119)82-33-10-3-11-34-82/h1-77H. The Bertz CT molecular complexity index is 8260. The summed E-state index contributed by atoms with van der Waals surface area (Å²) in [5.41, 5.74) is 34.5. The molecule has 0 saturated carbocycles. The topological polar surface area (TPSA) is 95.4 Å². The van der Waals surface area contributed by atoms with Crippen molar-refractivity contribution in [3.05, 3.63) is 512 Å². The lowest BCUT2D eigenvalue weighted by Crippen LogP contribution is -2.28. The van der Waals surface area contributed by atoms with Crippen LogP contribution in [0.1, 0.15) is 44.5 Å². The molecule has 19 aromatic carbocycles. The Morgan fingerprint density at radius 1 is 0.169 bits per heavy atom. The van der Waals surface area contributed by atoms with E-state index in [1.807, 2.05) is 54.6 Å². The zero-order valence-corrected chi connectivity index (χ0v) is 70.5.